The number of halogens is 1. The number of ketones is 1. The van der Waals surface area contributed by atoms with Crippen molar-refractivity contribution in [3.05, 3.63) is 29.9 Å². The van der Waals surface area contributed by atoms with Crippen LogP contribution in [0.15, 0.2) is 22.6 Å². The highest BCUT2D eigenvalue weighted by Crippen LogP contribution is 2.29. The first kappa shape index (κ1) is 24.1. The molecular weight excluding hydrogens is 445 g/mol. The van der Waals surface area contributed by atoms with Crippen molar-refractivity contribution < 1.29 is 32.7 Å². The number of oxazole rings is 1. The summed E-state index contributed by atoms with van der Waals surface area (Å²) in [5.41, 5.74) is 0.477. The van der Waals surface area contributed by atoms with Crippen LogP contribution in [0.2, 0.25) is 0 Å². The Kier molecular flexibility index (Phi) is 7.77. The zero-order valence-electron chi connectivity index (χ0n) is 19.3. The molecule has 2 fully saturated rings. The van der Waals surface area contributed by atoms with Gasteiger partial charge < -0.3 is 24.1 Å². The standard InChI is InChI=1S/C24H30FN3O6/c1-15(21(29)22-27-18-8-7-17(25)14-19(18)33-22)26-24(31)34-20(13-16-5-3-2-4-6-16)23(30)28-9-11-32-12-10-28/h7-8,14-16,20H,2-6,9-13H2,1H3,(H,26,31)/t15-,20-/m0/s1. The molecule has 0 radical (unpaired) electrons. The molecule has 9 nitrogen and oxygen atoms in total. The highest BCUT2D eigenvalue weighted by atomic mass is 19.1. The Balaban J connectivity index is 1.39. The van der Waals surface area contributed by atoms with Gasteiger partial charge in [0.2, 0.25) is 5.78 Å². The summed E-state index contributed by atoms with van der Waals surface area (Å²) in [5, 5.41) is 2.48. The molecule has 1 aromatic heterocycles. The van der Waals surface area contributed by atoms with Gasteiger partial charge in [-0.1, -0.05) is 32.1 Å². The smallest absolute Gasteiger partial charge is 0.408 e. The van der Waals surface area contributed by atoms with Gasteiger partial charge in [-0.15, -0.1) is 0 Å². The van der Waals surface area contributed by atoms with Crippen molar-refractivity contribution in [1.82, 2.24) is 15.2 Å². The van der Waals surface area contributed by atoms with E-state index in [4.69, 9.17) is 13.9 Å². The Morgan fingerprint density at radius 2 is 1.94 bits per heavy atom. The number of aromatic nitrogens is 1. The zero-order valence-corrected chi connectivity index (χ0v) is 19.3. The van der Waals surface area contributed by atoms with Crippen molar-refractivity contribution in [2.75, 3.05) is 26.3 Å². The zero-order chi connectivity index (χ0) is 24.1. The number of fused-ring (bicyclic) bond motifs is 1. The fourth-order valence-electron chi connectivity index (χ4n) is 4.51. The predicted octanol–water partition coefficient (Wildman–Crippen LogP) is 3.46. The number of alkyl carbamates (subject to hydrolysis) is 1. The van der Waals surface area contributed by atoms with Crippen molar-refractivity contribution >= 4 is 28.9 Å². The third kappa shape index (κ3) is 5.91. The van der Waals surface area contributed by atoms with E-state index in [1.54, 1.807) is 4.90 Å². The summed E-state index contributed by atoms with van der Waals surface area (Å²) in [5.74, 6) is -1.25. The van der Waals surface area contributed by atoms with Crippen LogP contribution in [0.25, 0.3) is 11.1 Å². The Labute approximate surface area is 197 Å². The van der Waals surface area contributed by atoms with Crippen LogP contribution in [0.5, 0.6) is 0 Å². The summed E-state index contributed by atoms with van der Waals surface area (Å²) in [6, 6.07) is 2.75. The normalized spacial score (nSPS) is 18.9. The van der Waals surface area contributed by atoms with Crippen LogP contribution in [0, 0.1) is 11.7 Å². The maximum atomic E-state index is 13.4. The number of nitrogens with zero attached hydrogens (tertiary/aromatic N) is 2. The van der Waals surface area contributed by atoms with E-state index in [9.17, 15) is 18.8 Å². The number of Topliss-reactive ketones (excluding diaryl/α,β-unsaturated/α-hetero) is 1. The molecule has 1 aromatic carbocycles. The van der Waals surface area contributed by atoms with Crippen LogP contribution in [-0.4, -0.2) is 66.1 Å². The van der Waals surface area contributed by atoms with Crippen LogP contribution in [0.1, 0.15) is 56.1 Å². The topological polar surface area (TPSA) is 111 Å². The van der Waals surface area contributed by atoms with Gasteiger partial charge in [0.25, 0.3) is 11.8 Å². The molecule has 0 unspecified atom stereocenters. The summed E-state index contributed by atoms with van der Waals surface area (Å²) in [6.45, 7) is 3.29. The highest BCUT2D eigenvalue weighted by Gasteiger charge is 2.33. The third-order valence-corrected chi connectivity index (χ3v) is 6.41. The maximum absolute atomic E-state index is 13.4. The summed E-state index contributed by atoms with van der Waals surface area (Å²) in [7, 11) is 0. The van der Waals surface area contributed by atoms with Gasteiger partial charge in [-0.2, -0.15) is 0 Å². The minimum absolute atomic E-state index is 0.141. The molecule has 2 atom stereocenters. The van der Waals surface area contributed by atoms with E-state index in [1.165, 1.54) is 25.5 Å². The number of hydrogen-bond acceptors (Lipinski definition) is 7. The van der Waals surface area contributed by atoms with E-state index in [0.29, 0.717) is 44.2 Å². The molecule has 1 N–H and O–H groups in total. The lowest BCUT2D eigenvalue weighted by atomic mass is 9.85. The van der Waals surface area contributed by atoms with Gasteiger partial charge in [-0.3, -0.25) is 9.59 Å². The minimum Gasteiger partial charge on any atom is -0.436 e. The predicted molar refractivity (Wildman–Crippen MR) is 120 cm³/mol. The maximum Gasteiger partial charge on any atom is 0.408 e. The van der Waals surface area contributed by atoms with Crippen LogP contribution in [0.4, 0.5) is 9.18 Å². The van der Waals surface area contributed by atoms with E-state index in [1.807, 2.05) is 0 Å². The van der Waals surface area contributed by atoms with Gasteiger partial charge in [0.05, 0.1) is 19.3 Å². The first-order chi connectivity index (χ1) is 16.4. The van der Waals surface area contributed by atoms with Crippen molar-refractivity contribution in [2.24, 2.45) is 5.92 Å². The van der Waals surface area contributed by atoms with E-state index < -0.39 is 29.8 Å². The number of benzene rings is 1. The molecule has 0 spiro atoms. The molecule has 4 rings (SSSR count). The average Bonchev–Trinajstić information content (AvgIpc) is 3.27. The molecule has 10 heteroatoms. The first-order valence-corrected chi connectivity index (χ1v) is 11.8. The summed E-state index contributed by atoms with van der Waals surface area (Å²) < 4.78 is 29.6. The molecule has 2 aromatic rings. The number of carbonyl (C=O) groups excluding carboxylic acids is 3. The Bertz CT molecular complexity index is 1030. The van der Waals surface area contributed by atoms with Crippen LogP contribution >= 0.6 is 0 Å². The quantitative estimate of drug-likeness (QED) is 0.611. The summed E-state index contributed by atoms with van der Waals surface area (Å²) >= 11 is 0. The number of ether oxygens (including phenoxy) is 2. The second-order valence-corrected chi connectivity index (χ2v) is 8.93. The minimum atomic E-state index is -1.01. The highest BCUT2D eigenvalue weighted by molar-refractivity contribution is 5.99. The van der Waals surface area contributed by atoms with Gasteiger partial charge in [-0.05, 0) is 31.4 Å². The summed E-state index contributed by atoms with van der Waals surface area (Å²) in [4.78, 5) is 44.2. The number of hydrogen-bond donors (Lipinski definition) is 1. The van der Waals surface area contributed by atoms with Gasteiger partial charge in [-0.25, -0.2) is 14.2 Å². The SMILES string of the molecule is C[C@H](NC(=O)O[C@@H](CC1CCCCC1)C(=O)N1CCOCC1)C(=O)c1nc2ccc(F)cc2o1. The molecular formula is C24H30FN3O6. The fraction of sp³-hybridized carbons (Fsp3) is 0.583. The molecule has 2 amide bonds. The Hall–Kier alpha value is -3.01. The summed E-state index contributed by atoms with van der Waals surface area (Å²) in [6.07, 6.45) is 4.09. The molecule has 0 bridgehead atoms. The second-order valence-electron chi connectivity index (χ2n) is 8.93. The molecule has 2 heterocycles. The van der Waals surface area contributed by atoms with Gasteiger partial charge in [0.1, 0.15) is 11.3 Å². The van der Waals surface area contributed by atoms with Gasteiger partial charge >= 0.3 is 6.09 Å². The van der Waals surface area contributed by atoms with Crippen molar-refractivity contribution in [3.63, 3.8) is 0 Å². The van der Waals surface area contributed by atoms with E-state index in [0.717, 1.165) is 31.7 Å². The van der Waals surface area contributed by atoms with Crippen LogP contribution in [-0.2, 0) is 14.3 Å². The number of amides is 2. The van der Waals surface area contributed by atoms with Crippen LogP contribution in [0.3, 0.4) is 0 Å². The van der Waals surface area contributed by atoms with Gasteiger partial charge in [0.15, 0.2) is 11.7 Å². The second kappa shape index (κ2) is 10.9. The van der Waals surface area contributed by atoms with Crippen LogP contribution < -0.4 is 5.32 Å². The third-order valence-electron chi connectivity index (χ3n) is 6.41. The lowest BCUT2D eigenvalue weighted by molar-refractivity contribution is -0.145. The average molecular weight is 476 g/mol. The largest absolute Gasteiger partial charge is 0.436 e. The van der Waals surface area contributed by atoms with Crippen molar-refractivity contribution in [2.45, 2.75) is 57.6 Å². The van der Waals surface area contributed by atoms with Crippen molar-refractivity contribution in [1.29, 1.82) is 0 Å². The number of nitrogens with one attached hydrogen (secondary N) is 1. The fourth-order valence-corrected chi connectivity index (χ4v) is 4.51. The molecule has 1 saturated carbocycles. The first-order valence-electron chi connectivity index (χ1n) is 11.8. The van der Waals surface area contributed by atoms with E-state index in [-0.39, 0.29) is 17.4 Å². The van der Waals surface area contributed by atoms with E-state index >= 15 is 0 Å². The molecule has 34 heavy (non-hydrogen) atoms. The number of rotatable bonds is 7. The molecule has 2 aliphatic rings. The molecule has 1 saturated heterocycles. The monoisotopic (exact) mass is 475 g/mol. The Morgan fingerprint density at radius 1 is 1.21 bits per heavy atom. The number of morpholine rings is 1. The Morgan fingerprint density at radius 3 is 2.68 bits per heavy atom. The lowest BCUT2D eigenvalue weighted by Crippen LogP contribution is -2.49. The van der Waals surface area contributed by atoms with E-state index in [2.05, 4.69) is 10.3 Å². The van der Waals surface area contributed by atoms with Crippen molar-refractivity contribution in [3.8, 4) is 0 Å². The molecule has 184 valence electrons. The molecule has 1 aliphatic heterocycles. The lowest BCUT2D eigenvalue weighted by Gasteiger charge is -2.32. The van der Waals surface area contributed by atoms with Gasteiger partial charge in [0, 0.05) is 19.2 Å². The molecule has 1 aliphatic carbocycles. The number of carbonyl (C=O) groups is 3.